The number of hydrogen-bond donors (Lipinski definition) is 1. The summed E-state index contributed by atoms with van der Waals surface area (Å²) in [6.07, 6.45) is 1.71. The number of pyridine rings is 1. The molecule has 0 spiro atoms. The normalized spacial score (nSPS) is 15.0. The van der Waals surface area contributed by atoms with Crippen LogP contribution in [-0.4, -0.2) is 48.5 Å². The van der Waals surface area contributed by atoms with Crippen LogP contribution in [0.5, 0.6) is 0 Å². The molecule has 0 aromatic carbocycles. The van der Waals surface area contributed by atoms with Gasteiger partial charge in [0.15, 0.2) is 0 Å². The number of nitrogens with zero attached hydrogens (tertiary/aromatic N) is 4. The molecular formula is C17H19N5OS. The minimum atomic E-state index is 0.0485. The summed E-state index contributed by atoms with van der Waals surface area (Å²) in [6, 6.07) is 9.75. The number of anilines is 1. The van der Waals surface area contributed by atoms with Gasteiger partial charge in [0.1, 0.15) is 11.9 Å². The first kappa shape index (κ1) is 16.4. The van der Waals surface area contributed by atoms with Crippen LogP contribution in [0.4, 0.5) is 5.82 Å². The summed E-state index contributed by atoms with van der Waals surface area (Å²) in [7, 11) is 0. The SMILES string of the molecule is N#Cc1cccnc1N1CCN(CC(=O)NCc2cccs2)CC1. The fourth-order valence-corrected chi connectivity index (χ4v) is 3.36. The summed E-state index contributed by atoms with van der Waals surface area (Å²) in [5.41, 5.74) is 0.597. The Hall–Kier alpha value is -2.43. The first-order chi connectivity index (χ1) is 11.8. The van der Waals surface area contributed by atoms with Crippen LogP contribution >= 0.6 is 11.3 Å². The van der Waals surface area contributed by atoms with Gasteiger partial charge in [0.05, 0.1) is 18.7 Å². The highest BCUT2D eigenvalue weighted by Crippen LogP contribution is 2.17. The minimum absolute atomic E-state index is 0.0485. The van der Waals surface area contributed by atoms with Gasteiger partial charge in [-0.2, -0.15) is 5.26 Å². The zero-order chi connectivity index (χ0) is 16.8. The summed E-state index contributed by atoms with van der Waals surface area (Å²) >= 11 is 1.64. The maximum Gasteiger partial charge on any atom is 0.234 e. The van der Waals surface area contributed by atoms with Gasteiger partial charge in [-0.1, -0.05) is 6.07 Å². The number of nitrogens with one attached hydrogen (secondary N) is 1. The molecule has 1 saturated heterocycles. The topological polar surface area (TPSA) is 72.3 Å². The van der Waals surface area contributed by atoms with Gasteiger partial charge in [0.25, 0.3) is 0 Å². The predicted octanol–water partition coefficient (Wildman–Crippen LogP) is 1.45. The van der Waals surface area contributed by atoms with E-state index in [2.05, 4.69) is 26.2 Å². The maximum atomic E-state index is 12.0. The summed E-state index contributed by atoms with van der Waals surface area (Å²) in [6.45, 7) is 4.11. The lowest BCUT2D eigenvalue weighted by Gasteiger charge is -2.35. The molecule has 1 aliphatic heterocycles. The van der Waals surface area contributed by atoms with Crippen LogP contribution in [0.15, 0.2) is 35.8 Å². The number of piperazine rings is 1. The smallest absolute Gasteiger partial charge is 0.234 e. The standard InChI is InChI=1S/C17H19N5OS/c18-11-14-3-1-5-19-17(14)22-8-6-21(7-9-22)13-16(23)20-12-15-4-2-10-24-15/h1-5,10H,6-9,12-13H2,(H,20,23). The lowest BCUT2D eigenvalue weighted by Crippen LogP contribution is -2.49. The Morgan fingerprint density at radius 3 is 2.83 bits per heavy atom. The Morgan fingerprint density at radius 2 is 2.12 bits per heavy atom. The van der Waals surface area contributed by atoms with Crippen molar-refractivity contribution in [1.29, 1.82) is 5.26 Å². The zero-order valence-corrected chi connectivity index (χ0v) is 14.1. The van der Waals surface area contributed by atoms with Gasteiger partial charge >= 0.3 is 0 Å². The number of thiophene rings is 1. The van der Waals surface area contributed by atoms with Crippen LogP contribution in [0, 0.1) is 11.3 Å². The quantitative estimate of drug-likeness (QED) is 0.891. The van der Waals surface area contributed by atoms with Crippen LogP contribution in [0.1, 0.15) is 10.4 Å². The third kappa shape index (κ3) is 4.10. The zero-order valence-electron chi connectivity index (χ0n) is 13.3. The fourth-order valence-electron chi connectivity index (χ4n) is 2.71. The van der Waals surface area contributed by atoms with Gasteiger partial charge in [0, 0.05) is 37.3 Å². The molecule has 2 aromatic heterocycles. The Morgan fingerprint density at radius 1 is 1.29 bits per heavy atom. The number of carbonyl (C=O) groups is 1. The molecule has 1 amide bonds. The van der Waals surface area contributed by atoms with Crippen molar-refractivity contribution in [1.82, 2.24) is 15.2 Å². The third-order valence-corrected chi connectivity index (χ3v) is 4.86. The number of rotatable bonds is 5. The van der Waals surface area contributed by atoms with Crippen LogP contribution in [0.25, 0.3) is 0 Å². The van der Waals surface area contributed by atoms with Gasteiger partial charge in [-0.05, 0) is 23.6 Å². The van der Waals surface area contributed by atoms with Gasteiger partial charge in [-0.25, -0.2) is 4.98 Å². The van der Waals surface area contributed by atoms with E-state index in [9.17, 15) is 10.1 Å². The van der Waals surface area contributed by atoms with Crippen molar-refractivity contribution in [3.8, 4) is 6.07 Å². The van der Waals surface area contributed by atoms with Crippen LogP contribution in [-0.2, 0) is 11.3 Å². The molecule has 0 saturated carbocycles. The second-order valence-electron chi connectivity index (χ2n) is 5.61. The van der Waals surface area contributed by atoms with Gasteiger partial charge < -0.3 is 10.2 Å². The molecule has 0 bridgehead atoms. The van der Waals surface area contributed by atoms with E-state index >= 15 is 0 Å². The number of aromatic nitrogens is 1. The number of hydrogen-bond acceptors (Lipinski definition) is 6. The molecule has 6 nitrogen and oxygen atoms in total. The predicted molar refractivity (Wildman–Crippen MR) is 93.8 cm³/mol. The lowest BCUT2D eigenvalue weighted by atomic mass is 10.2. The van der Waals surface area contributed by atoms with E-state index in [1.54, 1.807) is 29.7 Å². The van der Waals surface area contributed by atoms with Crippen LogP contribution in [0.3, 0.4) is 0 Å². The molecule has 3 rings (SSSR count). The summed E-state index contributed by atoms with van der Waals surface area (Å²) in [5.74, 6) is 0.786. The summed E-state index contributed by atoms with van der Waals surface area (Å²) in [4.78, 5) is 21.8. The molecule has 0 atom stereocenters. The number of amides is 1. The molecule has 3 heterocycles. The van der Waals surface area contributed by atoms with E-state index in [4.69, 9.17) is 0 Å². The summed E-state index contributed by atoms with van der Waals surface area (Å²) in [5, 5.41) is 14.1. The molecule has 2 aromatic rings. The second-order valence-corrected chi connectivity index (χ2v) is 6.64. The van der Waals surface area contributed by atoms with Crippen molar-refractivity contribution >= 4 is 23.1 Å². The molecule has 0 unspecified atom stereocenters. The van der Waals surface area contributed by atoms with Crippen molar-refractivity contribution in [2.75, 3.05) is 37.6 Å². The molecule has 1 N–H and O–H groups in total. The Bertz CT molecular complexity index is 717. The molecular weight excluding hydrogens is 322 g/mol. The highest BCUT2D eigenvalue weighted by Gasteiger charge is 2.21. The second kappa shape index (κ2) is 7.90. The highest BCUT2D eigenvalue weighted by molar-refractivity contribution is 7.09. The molecule has 124 valence electrons. The Kier molecular flexibility index (Phi) is 5.41. The van der Waals surface area contributed by atoms with E-state index in [0.717, 1.165) is 36.9 Å². The molecule has 7 heteroatoms. The summed E-state index contributed by atoms with van der Waals surface area (Å²) < 4.78 is 0. The monoisotopic (exact) mass is 341 g/mol. The molecule has 1 fully saturated rings. The number of carbonyl (C=O) groups excluding carboxylic acids is 1. The van der Waals surface area contributed by atoms with E-state index in [1.165, 1.54) is 0 Å². The Labute approximate surface area is 145 Å². The average molecular weight is 341 g/mol. The first-order valence-electron chi connectivity index (χ1n) is 7.88. The molecule has 0 radical (unpaired) electrons. The van der Waals surface area contributed by atoms with Crippen molar-refractivity contribution in [2.45, 2.75) is 6.54 Å². The largest absolute Gasteiger partial charge is 0.353 e. The molecule has 1 aliphatic rings. The lowest BCUT2D eigenvalue weighted by molar-refractivity contribution is -0.122. The van der Waals surface area contributed by atoms with Crippen LogP contribution < -0.4 is 10.2 Å². The Balaban J connectivity index is 1.47. The van der Waals surface area contributed by atoms with E-state index < -0.39 is 0 Å². The van der Waals surface area contributed by atoms with Crippen molar-refractivity contribution < 1.29 is 4.79 Å². The third-order valence-electron chi connectivity index (χ3n) is 3.99. The van der Waals surface area contributed by atoms with Crippen molar-refractivity contribution in [3.63, 3.8) is 0 Å². The van der Waals surface area contributed by atoms with Crippen LogP contribution in [0.2, 0.25) is 0 Å². The van der Waals surface area contributed by atoms with Gasteiger partial charge in [-0.3, -0.25) is 9.69 Å². The first-order valence-corrected chi connectivity index (χ1v) is 8.76. The highest BCUT2D eigenvalue weighted by atomic mass is 32.1. The van der Waals surface area contributed by atoms with E-state index in [0.29, 0.717) is 18.7 Å². The maximum absolute atomic E-state index is 12.0. The fraction of sp³-hybridized carbons (Fsp3) is 0.353. The van der Waals surface area contributed by atoms with Crippen molar-refractivity contribution in [2.24, 2.45) is 0 Å². The minimum Gasteiger partial charge on any atom is -0.353 e. The molecule has 0 aliphatic carbocycles. The average Bonchev–Trinajstić information content (AvgIpc) is 3.14. The van der Waals surface area contributed by atoms with E-state index in [1.807, 2.05) is 17.5 Å². The van der Waals surface area contributed by atoms with Crippen molar-refractivity contribution in [3.05, 3.63) is 46.3 Å². The van der Waals surface area contributed by atoms with E-state index in [-0.39, 0.29) is 5.91 Å². The molecule has 24 heavy (non-hydrogen) atoms. The number of nitriles is 1. The van der Waals surface area contributed by atoms with Gasteiger partial charge in [0.2, 0.25) is 5.91 Å². The van der Waals surface area contributed by atoms with Gasteiger partial charge in [-0.15, -0.1) is 11.3 Å².